The van der Waals surface area contributed by atoms with Gasteiger partial charge in [0.2, 0.25) is 0 Å². The monoisotopic (exact) mass is 402 g/mol. The van der Waals surface area contributed by atoms with Gasteiger partial charge in [-0.15, -0.1) is 6.58 Å². The van der Waals surface area contributed by atoms with Crippen LogP contribution in [0.5, 0.6) is 0 Å². The van der Waals surface area contributed by atoms with Gasteiger partial charge in [0.25, 0.3) is 0 Å². The van der Waals surface area contributed by atoms with E-state index in [0.717, 1.165) is 5.92 Å². The van der Waals surface area contributed by atoms with Gasteiger partial charge in [-0.3, -0.25) is 0 Å². The molecule has 0 aliphatic heterocycles. The van der Waals surface area contributed by atoms with Gasteiger partial charge in [-0.1, -0.05) is 140 Å². The molecular formula is C29H54. The van der Waals surface area contributed by atoms with Gasteiger partial charge < -0.3 is 0 Å². The minimum Gasteiger partial charge on any atom is -0.103 e. The van der Waals surface area contributed by atoms with Crippen LogP contribution >= 0.6 is 0 Å². The molecule has 0 bridgehead atoms. The number of hydrogen-bond donors (Lipinski definition) is 0. The van der Waals surface area contributed by atoms with Gasteiger partial charge in [-0.2, -0.15) is 0 Å². The molecule has 0 radical (unpaired) electrons. The third kappa shape index (κ3) is 19.2. The second kappa shape index (κ2) is 22.2. The summed E-state index contributed by atoms with van der Waals surface area (Å²) in [5.41, 5.74) is 0. The zero-order valence-electron chi connectivity index (χ0n) is 20.0. The molecule has 1 saturated carbocycles. The average molecular weight is 403 g/mol. The molecule has 1 aliphatic rings. The fourth-order valence-corrected chi connectivity index (χ4v) is 4.86. The van der Waals surface area contributed by atoms with Gasteiger partial charge in [0.15, 0.2) is 0 Å². The molecule has 0 aromatic carbocycles. The molecule has 1 aliphatic carbocycles. The predicted molar refractivity (Wildman–Crippen MR) is 134 cm³/mol. The Labute approximate surface area is 185 Å². The van der Waals surface area contributed by atoms with Crippen molar-refractivity contribution in [3.05, 3.63) is 24.8 Å². The highest BCUT2D eigenvalue weighted by atomic mass is 14.2. The summed E-state index contributed by atoms with van der Waals surface area (Å²) in [6.07, 6.45) is 41.5. The van der Waals surface area contributed by atoms with Crippen molar-refractivity contribution < 1.29 is 0 Å². The molecule has 0 heteroatoms. The third-order valence-corrected chi connectivity index (χ3v) is 6.89. The summed E-state index contributed by atoms with van der Waals surface area (Å²) in [6, 6.07) is 0. The standard InChI is InChI=1S/C29H54/c1-2-3-4-5-6-7-8-9-10-11-12-13-14-15-16-17-18-19-20-21-23-26-29-27-24-22-25-28-29/h2,21,23,29H,1,3-20,22,24-28H2. The first-order valence-corrected chi connectivity index (χ1v) is 13.7. The molecule has 170 valence electrons. The van der Waals surface area contributed by atoms with E-state index in [2.05, 4.69) is 24.8 Å². The quantitative estimate of drug-likeness (QED) is 0.132. The van der Waals surface area contributed by atoms with Gasteiger partial charge in [-0.25, -0.2) is 0 Å². The fourth-order valence-electron chi connectivity index (χ4n) is 4.86. The van der Waals surface area contributed by atoms with E-state index in [1.54, 1.807) is 0 Å². The first-order chi connectivity index (χ1) is 14.4. The van der Waals surface area contributed by atoms with E-state index >= 15 is 0 Å². The van der Waals surface area contributed by atoms with E-state index in [9.17, 15) is 0 Å². The van der Waals surface area contributed by atoms with Crippen LogP contribution in [0.4, 0.5) is 0 Å². The third-order valence-electron chi connectivity index (χ3n) is 6.89. The largest absolute Gasteiger partial charge is 0.103 e. The smallest absolute Gasteiger partial charge is 0.0322 e. The van der Waals surface area contributed by atoms with Crippen LogP contribution in [-0.2, 0) is 0 Å². The van der Waals surface area contributed by atoms with E-state index in [1.807, 2.05) is 0 Å². The van der Waals surface area contributed by atoms with Crippen molar-refractivity contribution in [1.82, 2.24) is 0 Å². The van der Waals surface area contributed by atoms with E-state index in [-0.39, 0.29) is 0 Å². The van der Waals surface area contributed by atoms with Crippen LogP contribution in [0.2, 0.25) is 0 Å². The van der Waals surface area contributed by atoms with Crippen LogP contribution in [-0.4, -0.2) is 0 Å². The maximum absolute atomic E-state index is 3.79. The van der Waals surface area contributed by atoms with Crippen molar-refractivity contribution in [3.63, 3.8) is 0 Å². The summed E-state index contributed by atoms with van der Waals surface area (Å²) < 4.78 is 0. The Hall–Kier alpha value is -0.520. The van der Waals surface area contributed by atoms with Crippen molar-refractivity contribution in [2.24, 2.45) is 5.92 Å². The Morgan fingerprint density at radius 3 is 1.34 bits per heavy atom. The lowest BCUT2D eigenvalue weighted by Crippen LogP contribution is -2.04. The Balaban J connectivity index is 1.67. The van der Waals surface area contributed by atoms with E-state index in [1.165, 1.54) is 154 Å². The van der Waals surface area contributed by atoms with Crippen LogP contribution in [0.1, 0.15) is 154 Å². The van der Waals surface area contributed by atoms with Gasteiger partial charge in [0, 0.05) is 0 Å². The topological polar surface area (TPSA) is 0 Å². The zero-order chi connectivity index (χ0) is 20.7. The van der Waals surface area contributed by atoms with Crippen molar-refractivity contribution in [2.75, 3.05) is 0 Å². The molecule has 0 nitrogen and oxygen atoms in total. The molecule has 0 N–H and O–H groups in total. The number of rotatable bonds is 21. The first-order valence-electron chi connectivity index (χ1n) is 13.7. The van der Waals surface area contributed by atoms with Crippen molar-refractivity contribution in [1.29, 1.82) is 0 Å². The lowest BCUT2D eigenvalue weighted by Gasteiger charge is -2.19. The Bertz CT molecular complexity index is 347. The van der Waals surface area contributed by atoms with Crippen molar-refractivity contribution in [2.45, 2.75) is 154 Å². The molecule has 0 saturated heterocycles. The van der Waals surface area contributed by atoms with E-state index in [0.29, 0.717) is 0 Å². The summed E-state index contributed by atoms with van der Waals surface area (Å²) in [7, 11) is 0. The van der Waals surface area contributed by atoms with Gasteiger partial charge in [0.05, 0.1) is 0 Å². The second-order valence-corrected chi connectivity index (χ2v) is 9.73. The molecule has 29 heavy (non-hydrogen) atoms. The molecule has 0 atom stereocenters. The van der Waals surface area contributed by atoms with Crippen LogP contribution in [0.3, 0.4) is 0 Å². The molecule has 0 spiro atoms. The molecule has 0 aromatic heterocycles. The highest BCUT2D eigenvalue weighted by Crippen LogP contribution is 2.26. The second-order valence-electron chi connectivity index (χ2n) is 9.73. The van der Waals surface area contributed by atoms with Gasteiger partial charge in [-0.05, 0) is 38.0 Å². The van der Waals surface area contributed by atoms with E-state index in [4.69, 9.17) is 0 Å². The Morgan fingerprint density at radius 2 is 0.897 bits per heavy atom. The maximum Gasteiger partial charge on any atom is -0.0322 e. The van der Waals surface area contributed by atoms with Crippen LogP contribution in [0, 0.1) is 5.92 Å². The molecule has 0 aromatic rings. The summed E-state index contributed by atoms with van der Waals surface area (Å²) in [5.74, 6) is 1.01. The average Bonchev–Trinajstić information content (AvgIpc) is 2.75. The normalized spacial score (nSPS) is 15.3. The van der Waals surface area contributed by atoms with E-state index < -0.39 is 0 Å². The minimum atomic E-state index is 1.01. The minimum absolute atomic E-state index is 1.01. The van der Waals surface area contributed by atoms with Crippen LogP contribution in [0.15, 0.2) is 24.8 Å². The Kier molecular flexibility index (Phi) is 20.3. The number of allylic oxidation sites excluding steroid dienone is 3. The summed E-state index contributed by atoms with van der Waals surface area (Å²) in [6.45, 7) is 3.79. The lowest BCUT2D eigenvalue weighted by molar-refractivity contribution is 0.361. The predicted octanol–water partition coefficient (Wildman–Crippen LogP) is 10.7. The SMILES string of the molecule is C=CCCCCCCCCCCCCCCCCCCC=CCC1CCCCC1. The molecule has 1 rings (SSSR count). The fraction of sp³-hybridized carbons (Fsp3) is 0.862. The number of hydrogen-bond acceptors (Lipinski definition) is 0. The lowest BCUT2D eigenvalue weighted by atomic mass is 9.87. The zero-order valence-corrected chi connectivity index (χ0v) is 20.0. The van der Waals surface area contributed by atoms with Gasteiger partial charge in [0.1, 0.15) is 0 Å². The van der Waals surface area contributed by atoms with Crippen molar-refractivity contribution in [3.8, 4) is 0 Å². The number of unbranched alkanes of at least 4 members (excludes halogenated alkanes) is 17. The molecular weight excluding hydrogens is 348 g/mol. The highest BCUT2D eigenvalue weighted by molar-refractivity contribution is 4.84. The van der Waals surface area contributed by atoms with Crippen molar-refractivity contribution >= 4 is 0 Å². The van der Waals surface area contributed by atoms with Crippen LogP contribution in [0.25, 0.3) is 0 Å². The Morgan fingerprint density at radius 1 is 0.483 bits per heavy atom. The summed E-state index contributed by atoms with van der Waals surface area (Å²) >= 11 is 0. The molecule has 0 unspecified atom stereocenters. The maximum atomic E-state index is 3.79. The molecule has 1 fully saturated rings. The van der Waals surface area contributed by atoms with Crippen LogP contribution < -0.4 is 0 Å². The summed E-state index contributed by atoms with van der Waals surface area (Å²) in [5, 5.41) is 0. The van der Waals surface area contributed by atoms with Gasteiger partial charge >= 0.3 is 0 Å². The molecule has 0 amide bonds. The first kappa shape index (κ1) is 26.5. The molecule has 0 heterocycles. The summed E-state index contributed by atoms with van der Waals surface area (Å²) in [4.78, 5) is 0. The highest BCUT2D eigenvalue weighted by Gasteiger charge is 2.10.